The molecule has 0 bridgehead atoms. The average Bonchev–Trinajstić information content (AvgIpc) is 2.88. The Kier molecular flexibility index (Phi) is 4.44. The molecular formula is C24H36O2Si. The van der Waals surface area contributed by atoms with Gasteiger partial charge in [0.25, 0.3) is 0 Å². The first-order valence-electron chi connectivity index (χ1n) is 10.7. The van der Waals surface area contributed by atoms with E-state index in [1.165, 1.54) is 18.4 Å². The van der Waals surface area contributed by atoms with E-state index in [-0.39, 0.29) is 16.6 Å². The average molecular weight is 385 g/mol. The van der Waals surface area contributed by atoms with Gasteiger partial charge in [-0.1, -0.05) is 45.9 Å². The van der Waals surface area contributed by atoms with Gasteiger partial charge in [-0.15, -0.1) is 0 Å². The summed E-state index contributed by atoms with van der Waals surface area (Å²) in [5.41, 5.74) is 3.11. The molecule has 0 saturated heterocycles. The van der Waals surface area contributed by atoms with Gasteiger partial charge in [0.1, 0.15) is 5.75 Å². The van der Waals surface area contributed by atoms with Crippen molar-refractivity contribution in [1.29, 1.82) is 0 Å². The lowest BCUT2D eigenvalue weighted by atomic mass is 9.55. The summed E-state index contributed by atoms with van der Waals surface area (Å²) in [6.07, 6.45) is 8.81. The number of rotatable bonds is 2. The van der Waals surface area contributed by atoms with Gasteiger partial charge in [0, 0.05) is 5.41 Å². The Hall–Kier alpha value is -1.06. The first-order chi connectivity index (χ1) is 12.5. The van der Waals surface area contributed by atoms with E-state index in [1.54, 1.807) is 5.56 Å². The van der Waals surface area contributed by atoms with Gasteiger partial charge in [-0.05, 0) is 84.8 Å². The molecule has 0 aromatic heterocycles. The normalized spacial score (nSPS) is 35.4. The molecule has 3 aliphatic rings. The second-order valence-corrected chi connectivity index (χ2v) is 15.7. The molecule has 0 spiro atoms. The van der Waals surface area contributed by atoms with Crippen LogP contribution < -0.4 is 4.43 Å². The second kappa shape index (κ2) is 6.22. The Morgan fingerprint density at radius 3 is 2.59 bits per heavy atom. The molecule has 2 nitrogen and oxygen atoms in total. The number of aliphatic hydroxyl groups is 1. The van der Waals surface area contributed by atoms with Crippen molar-refractivity contribution in [3.05, 3.63) is 41.5 Å². The van der Waals surface area contributed by atoms with Crippen LogP contribution in [0.15, 0.2) is 30.4 Å². The third-order valence-corrected chi connectivity index (χ3v) is 12.7. The van der Waals surface area contributed by atoms with Gasteiger partial charge in [-0.3, -0.25) is 0 Å². The van der Waals surface area contributed by atoms with Crippen molar-refractivity contribution in [3.63, 3.8) is 0 Å². The summed E-state index contributed by atoms with van der Waals surface area (Å²) in [5, 5.41) is 10.7. The number of aliphatic hydroxyl groups excluding tert-OH is 1. The minimum atomic E-state index is -1.80. The maximum Gasteiger partial charge on any atom is 0.250 e. The van der Waals surface area contributed by atoms with Crippen LogP contribution in [-0.2, 0) is 6.42 Å². The summed E-state index contributed by atoms with van der Waals surface area (Å²) in [4.78, 5) is 0. The van der Waals surface area contributed by atoms with Crippen molar-refractivity contribution < 1.29 is 9.53 Å². The number of aryl methyl sites for hydroxylation is 1. The molecule has 0 amide bonds. The molecule has 0 aliphatic heterocycles. The zero-order valence-electron chi connectivity index (χ0n) is 17.9. The molecule has 148 valence electrons. The van der Waals surface area contributed by atoms with E-state index in [2.05, 4.69) is 71.1 Å². The Morgan fingerprint density at radius 1 is 1.15 bits per heavy atom. The van der Waals surface area contributed by atoms with Crippen LogP contribution in [0.25, 0.3) is 0 Å². The van der Waals surface area contributed by atoms with Gasteiger partial charge in [-0.25, -0.2) is 0 Å². The molecule has 3 heteroatoms. The molecule has 1 unspecified atom stereocenters. The molecule has 4 rings (SSSR count). The summed E-state index contributed by atoms with van der Waals surface area (Å²) in [5.74, 6) is 2.92. The highest BCUT2D eigenvalue weighted by atomic mass is 28.4. The van der Waals surface area contributed by atoms with E-state index in [4.69, 9.17) is 4.43 Å². The van der Waals surface area contributed by atoms with Gasteiger partial charge in [0.2, 0.25) is 8.32 Å². The van der Waals surface area contributed by atoms with Crippen molar-refractivity contribution in [2.24, 2.45) is 17.3 Å². The maximum atomic E-state index is 10.5. The third-order valence-electron chi connectivity index (χ3n) is 8.35. The van der Waals surface area contributed by atoms with E-state index < -0.39 is 8.32 Å². The standard InChI is InChI=1S/C24H36O2Si/c1-23(2,3)27(5,6)26-17-8-10-18-16(15-17)7-9-20-19(18)13-14-24(4)21(20)11-12-22(24)25/h8,10-12,15,19-22,25H,7,9,13-14H2,1-6H3/t19-,20-,21+,22?,24+/m1/s1. The molecule has 1 N–H and O–H groups in total. The molecule has 1 aromatic rings. The molecule has 5 atom stereocenters. The van der Waals surface area contributed by atoms with Crippen molar-refractivity contribution in [2.75, 3.05) is 0 Å². The summed E-state index contributed by atoms with van der Waals surface area (Å²) < 4.78 is 6.56. The van der Waals surface area contributed by atoms with E-state index in [9.17, 15) is 5.11 Å². The van der Waals surface area contributed by atoms with Crippen LogP contribution in [0.1, 0.15) is 64.0 Å². The lowest BCUT2D eigenvalue weighted by Crippen LogP contribution is -2.44. The Balaban J connectivity index is 1.59. The third kappa shape index (κ3) is 3.02. The molecular weight excluding hydrogens is 348 g/mol. The topological polar surface area (TPSA) is 29.5 Å². The number of benzene rings is 1. The van der Waals surface area contributed by atoms with Gasteiger partial charge in [0.15, 0.2) is 0 Å². The van der Waals surface area contributed by atoms with Crippen LogP contribution >= 0.6 is 0 Å². The smallest absolute Gasteiger partial charge is 0.250 e. The van der Waals surface area contributed by atoms with E-state index in [0.29, 0.717) is 17.8 Å². The van der Waals surface area contributed by atoms with E-state index in [1.807, 2.05) is 0 Å². The SMILES string of the molecule is CC(C)(C)[Si](C)(C)Oc1ccc2c(c1)CC[C@@H]1[C@@H]2CC[C@]2(C)C(O)C=C[C@@H]12. The van der Waals surface area contributed by atoms with Crippen LogP contribution in [0.5, 0.6) is 5.75 Å². The summed E-state index contributed by atoms with van der Waals surface area (Å²) in [6.45, 7) is 13.8. The highest BCUT2D eigenvalue weighted by Gasteiger charge is 2.52. The largest absolute Gasteiger partial charge is 0.543 e. The fourth-order valence-corrected chi connectivity index (χ4v) is 6.52. The fraction of sp³-hybridized carbons (Fsp3) is 0.667. The first-order valence-corrected chi connectivity index (χ1v) is 13.6. The van der Waals surface area contributed by atoms with Crippen LogP contribution in [0.4, 0.5) is 0 Å². The highest BCUT2D eigenvalue weighted by Crippen LogP contribution is 2.58. The Bertz CT molecular complexity index is 760. The maximum absolute atomic E-state index is 10.5. The monoisotopic (exact) mass is 384 g/mol. The van der Waals surface area contributed by atoms with Crippen LogP contribution in [0.3, 0.4) is 0 Å². The predicted octanol–water partition coefficient (Wildman–Crippen LogP) is 6.06. The molecule has 1 saturated carbocycles. The lowest BCUT2D eigenvalue weighted by molar-refractivity contribution is -0.0101. The van der Waals surface area contributed by atoms with Crippen molar-refractivity contribution >= 4 is 8.32 Å². The van der Waals surface area contributed by atoms with Crippen LogP contribution in [-0.4, -0.2) is 19.5 Å². The fourth-order valence-electron chi connectivity index (χ4n) is 5.50. The summed E-state index contributed by atoms with van der Waals surface area (Å²) in [7, 11) is -1.80. The van der Waals surface area contributed by atoms with Gasteiger partial charge in [0.05, 0.1) is 6.10 Å². The first kappa shape index (κ1) is 19.3. The number of hydrogen-bond acceptors (Lipinski definition) is 2. The number of fused-ring (bicyclic) bond motifs is 5. The Labute approximate surface area is 166 Å². The Morgan fingerprint density at radius 2 is 1.89 bits per heavy atom. The van der Waals surface area contributed by atoms with Crippen LogP contribution in [0.2, 0.25) is 18.1 Å². The highest BCUT2D eigenvalue weighted by molar-refractivity contribution is 6.74. The molecule has 1 fully saturated rings. The minimum absolute atomic E-state index is 0.0596. The molecule has 0 heterocycles. The molecule has 1 aromatic carbocycles. The zero-order valence-corrected chi connectivity index (χ0v) is 18.9. The van der Waals surface area contributed by atoms with Crippen molar-refractivity contribution in [2.45, 2.75) is 83.5 Å². The second-order valence-electron chi connectivity index (χ2n) is 10.9. The van der Waals surface area contributed by atoms with Crippen molar-refractivity contribution in [3.8, 4) is 5.75 Å². The van der Waals surface area contributed by atoms with Gasteiger partial charge in [-0.2, -0.15) is 0 Å². The van der Waals surface area contributed by atoms with Crippen molar-refractivity contribution in [1.82, 2.24) is 0 Å². The van der Waals surface area contributed by atoms with E-state index >= 15 is 0 Å². The van der Waals surface area contributed by atoms with Gasteiger partial charge < -0.3 is 9.53 Å². The quantitative estimate of drug-likeness (QED) is 0.496. The zero-order chi connectivity index (χ0) is 19.6. The van der Waals surface area contributed by atoms with Gasteiger partial charge >= 0.3 is 0 Å². The summed E-state index contributed by atoms with van der Waals surface area (Å²) in [6, 6.07) is 6.90. The number of allylic oxidation sites excluding steroid dienone is 1. The predicted molar refractivity (Wildman–Crippen MR) is 115 cm³/mol. The van der Waals surface area contributed by atoms with E-state index in [0.717, 1.165) is 18.6 Å². The molecule has 3 aliphatic carbocycles. The number of hydrogen-bond donors (Lipinski definition) is 1. The minimum Gasteiger partial charge on any atom is -0.543 e. The summed E-state index contributed by atoms with van der Waals surface area (Å²) >= 11 is 0. The molecule has 27 heavy (non-hydrogen) atoms. The van der Waals surface area contributed by atoms with Crippen LogP contribution in [0, 0.1) is 17.3 Å². The molecule has 0 radical (unpaired) electrons. The lowest BCUT2D eigenvalue weighted by Gasteiger charge is -2.50.